The van der Waals surface area contributed by atoms with Crippen molar-refractivity contribution in [2.75, 3.05) is 5.32 Å². The molecule has 1 atom stereocenters. The summed E-state index contributed by atoms with van der Waals surface area (Å²) < 4.78 is 1.59. The third kappa shape index (κ3) is 2.21. The summed E-state index contributed by atoms with van der Waals surface area (Å²) in [5.74, 6) is 0.442. The van der Waals surface area contributed by atoms with E-state index < -0.39 is 4.92 Å². The first kappa shape index (κ1) is 12.2. The van der Waals surface area contributed by atoms with Crippen LogP contribution in [0.4, 0.5) is 11.5 Å². The standard InChI is InChI=1S/C10H16N4O2/c1-5-7(3)11-10-9(14(15)16)8(4)12-13(10)6-2/h5,7,11H,1,6H2,2-4H3. The summed E-state index contributed by atoms with van der Waals surface area (Å²) >= 11 is 0. The molecule has 6 nitrogen and oxygen atoms in total. The van der Waals surface area contributed by atoms with Gasteiger partial charge < -0.3 is 5.32 Å². The second-order valence-corrected chi connectivity index (χ2v) is 3.52. The first-order valence-corrected chi connectivity index (χ1v) is 5.12. The maximum Gasteiger partial charge on any atom is 0.333 e. The Morgan fingerprint density at radius 1 is 1.75 bits per heavy atom. The minimum absolute atomic E-state index is 0.0375. The van der Waals surface area contributed by atoms with Gasteiger partial charge in [-0.1, -0.05) is 6.08 Å². The maximum absolute atomic E-state index is 10.9. The van der Waals surface area contributed by atoms with E-state index in [4.69, 9.17) is 0 Å². The summed E-state index contributed by atoms with van der Waals surface area (Å²) in [7, 11) is 0. The summed E-state index contributed by atoms with van der Waals surface area (Å²) in [6, 6.07) is -0.0416. The number of hydrogen-bond donors (Lipinski definition) is 1. The monoisotopic (exact) mass is 224 g/mol. The number of hydrogen-bond acceptors (Lipinski definition) is 4. The summed E-state index contributed by atoms with van der Waals surface area (Å²) in [5, 5.41) is 18.1. The van der Waals surface area contributed by atoms with Gasteiger partial charge in [0.2, 0.25) is 5.82 Å². The van der Waals surface area contributed by atoms with Crippen LogP contribution >= 0.6 is 0 Å². The highest BCUT2D eigenvalue weighted by atomic mass is 16.6. The van der Waals surface area contributed by atoms with Gasteiger partial charge in [0.05, 0.1) is 4.92 Å². The summed E-state index contributed by atoms with van der Waals surface area (Å²) in [5.41, 5.74) is 0.459. The molecule has 1 rings (SSSR count). The van der Waals surface area contributed by atoms with Crippen molar-refractivity contribution >= 4 is 11.5 Å². The van der Waals surface area contributed by atoms with Crippen molar-refractivity contribution in [1.82, 2.24) is 9.78 Å². The molecule has 0 spiro atoms. The Hall–Kier alpha value is -1.85. The van der Waals surface area contributed by atoms with Gasteiger partial charge in [-0.05, 0) is 20.8 Å². The predicted octanol–water partition coefficient (Wildman–Crippen LogP) is 2.11. The molecule has 0 amide bonds. The van der Waals surface area contributed by atoms with E-state index in [1.807, 2.05) is 13.8 Å². The summed E-state index contributed by atoms with van der Waals surface area (Å²) in [6.07, 6.45) is 1.69. The first-order valence-electron chi connectivity index (χ1n) is 5.12. The lowest BCUT2D eigenvalue weighted by Crippen LogP contribution is -2.16. The van der Waals surface area contributed by atoms with Gasteiger partial charge in [0.15, 0.2) is 0 Å². The predicted molar refractivity (Wildman–Crippen MR) is 62.6 cm³/mol. The van der Waals surface area contributed by atoms with Gasteiger partial charge in [-0.15, -0.1) is 6.58 Å². The first-order chi connectivity index (χ1) is 7.51. The van der Waals surface area contributed by atoms with Crippen molar-refractivity contribution in [3.63, 3.8) is 0 Å². The van der Waals surface area contributed by atoms with E-state index in [2.05, 4.69) is 17.0 Å². The zero-order valence-electron chi connectivity index (χ0n) is 9.73. The molecular formula is C10H16N4O2. The van der Waals surface area contributed by atoms with Crippen LogP contribution in [0.3, 0.4) is 0 Å². The number of rotatable bonds is 5. The lowest BCUT2D eigenvalue weighted by atomic mass is 10.3. The van der Waals surface area contributed by atoms with Crippen LogP contribution in [0.15, 0.2) is 12.7 Å². The molecule has 1 aromatic heterocycles. The molecule has 0 aliphatic heterocycles. The van der Waals surface area contributed by atoms with Crippen LogP contribution in [0, 0.1) is 17.0 Å². The van der Waals surface area contributed by atoms with E-state index in [0.29, 0.717) is 18.1 Å². The van der Waals surface area contributed by atoms with Gasteiger partial charge in [0, 0.05) is 12.6 Å². The molecular weight excluding hydrogens is 208 g/mol. The van der Waals surface area contributed by atoms with Crippen molar-refractivity contribution in [2.45, 2.75) is 33.4 Å². The van der Waals surface area contributed by atoms with Gasteiger partial charge in [-0.25, -0.2) is 4.68 Å². The van der Waals surface area contributed by atoms with Crippen LogP contribution in [-0.4, -0.2) is 20.7 Å². The Bertz CT molecular complexity index is 411. The molecule has 0 aliphatic carbocycles. The molecule has 0 radical (unpaired) electrons. The van der Waals surface area contributed by atoms with Crippen molar-refractivity contribution in [2.24, 2.45) is 0 Å². The molecule has 1 heterocycles. The van der Waals surface area contributed by atoms with Gasteiger partial charge >= 0.3 is 5.69 Å². The van der Waals surface area contributed by atoms with Gasteiger partial charge in [0.1, 0.15) is 5.69 Å². The number of aromatic nitrogens is 2. The highest BCUT2D eigenvalue weighted by molar-refractivity contribution is 5.60. The van der Waals surface area contributed by atoms with Crippen molar-refractivity contribution < 1.29 is 4.92 Å². The van der Waals surface area contributed by atoms with E-state index in [1.165, 1.54) is 0 Å². The molecule has 0 aromatic carbocycles. The molecule has 0 fully saturated rings. The molecule has 6 heteroatoms. The maximum atomic E-state index is 10.9. The largest absolute Gasteiger partial charge is 0.359 e. The normalized spacial score (nSPS) is 12.2. The van der Waals surface area contributed by atoms with E-state index >= 15 is 0 Å². The fourth-order valence-corrected chi connectivity index (χ4v) is 1.44. The molecule has 0 aliphatic rings. The molecule has 0 saturated heterocycles. The molecule has 0 saturated carbocycles. The van der Waals surface area contributed by atoms with Crippen LogP contribution < -0.4 is 5.32 Å². The Labute approximate surface area is 94.1 Å². The number of aryl methyl sites for hydroxylation is 2. The average Bonchev–Trinajstić information content (AvgIpc) is 2.54. The number of nitro groups is 1. The average molecular weight is 224 g/mol. The zero-order valence-corrected chi connectivity index (χ0v) is 9.73. The summed E-state index contributed by atoms with van der Waals surface area (Å²) in [6.45, 7) is 9.61. The van der Waals surface area contributed by atoms with Crippen LogP contribution in [-0.2, 0) is 6.54 Å². The Morgan fingerprint density at radius 2 is 2.38 bits per heavy atom. The Balaban J connectivity index is 3.21. The molecule has 1 aromatic rings. The van der Waals surface area contributed by atoms with Crippen molar-refractivity contribution in [3.05, 3.63) is 28.5 Å². The smallest absolute Gasteiger partial charge is 0.333 e. The van der Waals surface area contributed by atoms with Crippen molar-refractivity contribution in [1.29, 1.82) is 0 Å². The van der Waals surface area contributed by atoms with Crippen LogP contribution in [0.1, 0.15) is 19.5 Å². The third-order valence-electron chi connectivity index (χ3n) is 2.30. The summed E-state index contributed by atoms with van der Waals surface area (Å²) in [4.78, 5) is 10.5. The SMILES string of the molecule is C=CC(C)Nc1c([N+](=O)[O-])c(C)nn1CC. The lowest BCUT2D eigenvalue weighted by molar-refractivity contribution is -0.384. The quantitative estimate of drug-likeness (QED) is 0.472. The molecule has 88 valence electrons. The number of nitrogens with one attached hydrogen (secondary N) is 1. The molecule has 16 heavy (non-hydrogen) atoms. The van der Waals surface area contributed by atoms with E-state index in [9.17, 15) is 10.1 Å². The van der Waals surface area contributed by atoms with Crippen molar-refractivity contribution in [3.8, 4) is 0 Å². The van der Waals surface area contributed by atoms with Crippen LogP contribution in [0.25, 0.3) is 0 Å². The minimum atomic E-state index is -0.410. The molecule has 0 bridgehead atoms. The van der Waals surface area contributed by atoms with Gasteiger partial charge in [0.25, 0.3) is 0 Å². The van der Waals surface area contributed by atoms with Gasteiger partial charge in [-0.3, -0.25) is 10.1 Å². The van der Waals surface area contributed by atoms with Crippen LogP contribution in [0.5, 0.6) is 0 Å². The van der Waals surface area contributed by atoms with E-state index in [1.54, 1.807) is 17.7 Å². The van der Waals surface area contributed by atoms with E-state index in [0.717, 1.165) is 0 Å². The Morgan fingerprint density at radius 3 is 2.81 bits per heavy atom. The van der Waals surface area contributed by atoms with E-state index in [-0.39, 0.29) is 11.7 Å². The minimum Gasteiger partial charge on any atom is -0.359 e. The lowest BCUT2D eigenvalue weighted by Gasteiger charge is -2.11. The number of anilines is 1. The molecule has 1 N–H and O–H groups in total. The fourth-order valence-electron chi connectivity index (χ4n) is 1.44. The third-order valence-corrected chi connectivity index (χ3v) is 2.30. The highest BCUT2D eigenvalue weighted by Crippen LogP contribution is 2.28. The topological polar surface area (TPSA) is 73.0 Å². The zero-order chi connectivity index (χ0) is 12.3. The van der Waals surface area contributed by atoms with Gasteiger partial charge in [-0.2, -0.15) is 5.10 Å². The number of nitrogens with zero attached hydrogens (tertiary/aromatic N) is 3. The van der Waals surface area contributed by atoms with Crippen LogP contribution in [0.2, 0.25) is 0 Å². The second-order valence-electron chi connectivity index (χ2n) is 3.52. The second kappa shape index (κ2) is 4.78. The fraction of sp³-hybridized carbons (Fsp3) is 0.500. The Kier molecular flexibility index (Phi) is 3.65. The highest BCUT2D eigenvalue weighted by Gasteiger charge is 2.25. The molecule has 1 unspecified atom stereocenters.